The maximum Gasteiger partial charge on any atom is 0.220 e. The Labute approximate surface area is 119 Å². The van der Waals surface area contributed by atoms with Crippen LogP contribution >= 0.6 is 0 Å². The summed E-state index contributed by atoms with van der Waals surface area (Å²) in [6.45, 7) is 0.582. The number of nitrogens with zero attached hydrogens (tertiary/aromatic N) is 1. The number of hydrogen-bond acceptors (Lipinski definition) is 4. The number of rotatable bonds is 6. The van der Waals surface area contributed by atoms with Gasteiger partial charge in [-0.05, 0) is 25.0 Å². The van der Waals surface area contributed by atoms with Crippen molar-refractivity contribution in [1.82, 2.24) is 10.3 Å². The third-order valence-corrected chi connectivity index (χ3v) is 4.57. The van der Waals surface area contributed by atoms with Crippen LogP contribution < -0.4 is 5.32 Å². The number of carbonyl (C=O) groups is 1. The second-order valence-corrected chi connectivity index (χ2v) is 6.83. The van der Waals surface area contributed by atoms with Gasteiger partial charge in [-0.1, -0.05) is 12.1 Å². The van der Waals surface area contributed by atoms with Crippen LogP contribution in [0.4, 0.5) is 0 Å². The summed E-state index contributed by atoms with van der Waals surface area (Å²) in [5.74, 6) is -0.234. The Morgan fingerprint density at radius 2 is 2.25 bits per heavy atom. The van der Waals surface area contributed by atoms with Gasteiger partial charge in [-0.25, -0.2) is 8.42 Å². The van der Waals surface area contributed by atoms with E-state index in [0.29, 0.717) is 6.54 Å². The fourth-order valence-electron chi connectivity index (χ4n) is 2.12. The summed E-state index contributed by atoms with van der Waals surface area (Å²) in [4.78, 5) is 15.9. The van der Waals surface area contributed by atoms with E-state index in [1.54, 1.807) is 12.3 Å². The van der Waals surface area contributed by atoms with Crippen molar-refractivity contribution in [3.05, 3.63) is 41.6 Å². The number of nitrogens with one attached hydrogen (secondary N) is 1. The van der Waals surface area contributed by atoms with Crippen LogP contribution in [0.15, 0.2) is 35.9 Å². The standard InChI is InChI=1S/C14H18N2O3S/c17-14(10-12-6-9-20(18,19)11-12)16-8-3-5-13-4-1-2-7-15-13/h1-2,4,6-7,9,12H,3,5,8,10-11H2,(H,16,17)/t12-/m0/s1. The first-order valence-electron chi connectivity index (χ1n) is 6.63. The Balaban J connectivity index is 1.63. The third-order valence-electron chi connectivity index (χ3n) is 3.11. The van der Waals surface area contributed by atoms with Crippen LogP contribution in [0.5, 0.6) is 0 Å². The summed E-state index contributed by atoms with van der Waals surface area (Å²) in [7, 11) is -3.07. The Morgan fingerprint density at radius 1 is 1.40 bits per heavy atom. The monoisotopic (exact) mass is 294 g/mol. The van der Waals surface area contributed by atoms with E-state index in [-0.39, 0.29) is 24.0 Å². The van der Waals surface area contributed by atoms with Crippen molar-refractivity contribution in [2.75, 3.05) is 12.3 Å². The maximum atomic E-state index is 11.7. The lowest BCUT2D eigenvalue weighted by atomic mass is 10.1. The van der Waals surface area contributed by atoms with Crippen molar-refractivity contribution in [2.45, 2.75) is 19.3 Å². The molecule has 0 bridgehead atoms. The molecule has 1 amide bonds. The van der Waals surface area contributed by atoms with E-state index in [4.69, 9.17) is 0 Å². The molecule has 0 spiro atoms. The molecule has 1 N–H and O–H groups in total. The van der Waals surface area contributed by atoms with Gasteiger partial charge in [-0.15, -0.1) is 0 Å². The molecule has 0 fully saturated rings. The SMILES string of the molecule is O=C(C[C@@H]1C=CS(=O)(=O)C1)NCCCc1ccccn1. The highest BCUT2D eigenvalue weighted by molar-refractivity contribution is 7.94. The molecule has 0 saturated carbocycles. The van der Waals surface area contributed by atoms with Crippen molar-refractivity contribution in [2.24, 2.45) is 5.92 Å². The number of allylic oxidation sites excluding steroid dienone is 1. The van der Waals surface area contributed by atoms with Gasteiger partial charge in [0, 0.05) is 36.2 Å². The quantitative estimate of drug-likeness (QED) is 0.797. The molecule has 2 heterocycles. The molecular weight excluding hydrogens is 276 g/mol. The van der Waals surface area contributed by atoms with Crippen molar-refractivity contribution in [1.29, 1.82) is 0 Å². The van der Waals surface area contributed by atoms with Crippen LogP contribution in [0.2, 0.25) is 0 Å². The van der Waals surface area contributed by atoms with E-state index >= 15 is 0 Å². The topological polar surface area (TPSA) is 76.1 Å². The van der Waals surface area contributed by atoms with Gasteiger partial charge < -0.3 is 5.32 Å². The molecule has 0 unspecified atom stereocenters. The molecule has 108 valence electrons. The van der Waals surface area contributed by atoms with Crippen molar-refractivity contribution in [3.8, 4) is 0 Å². The summed E-state index contributed by atoms with van der Waals surface area (Å²) >= 11 is 0. The van der Waals surface area contributed by atoms with E-state index < -0.39 is 9.84 Å². The number of aryl methyl sites for hydroxylation is 1. The minimum atomic E-state index is -3.07. The highest BCUT2D eigenvalue weighted by atomic mass is 32.2. The van der Waals surface area contributed by atoms with Crippen molar-refractivity contribution in [3.63, 3.8) is 0 Å². The van der Waals surface area contributed by atoms with Crippen LogP contribution in [-0.2, 0) is 21.1 Å². The predicted molar refractivity (Wildman–Crippen MR) is 76.6 cm³/mol. The zero-order valence-electron chi connectivity index (χ0n) is 11.2. The van der Waals surface area contributed by atoms with E-state index in [1.165, 1.54) is 5.41 Å². The molecule has 1 aromatic rings. The number of amides is 1. The molecule has 6 heteroatoms. The van der Waals surface area contributed by atoms with Crippen LogP contribution in [0, 0.1) is 5.92 Å². The average molecular weight is 294 g/mol. The van der Waals surface area contributed by atoms with Crippen molar-refractivity contribution < 1.29 is 13.2 Å². The molecule has 0 radical (unpaired) electrons. The first-order valence-corrected chi connectivity index (χ1v) is 8.34. The Kier molecular flexibility index (Phi) is 4.89. The van der Waals surface area contributed by atoms with Gasteiger partial charge in [0.05, 0.1) is 5.75 Å². The first kappa shape index (κ1) is 14.7. The molecule has 1 aromatic heterocycles. The molecule has 1 aliphatic heterocycles. The molecule has 1 atom stereocenters. The number of carbonyl (C=O) groups excluding carboxylic acids is 1. The normalized spacial score (nSPS) is 19.9. The third kappa shape index (κ3) is 4.77. The molecule has 5 nitrogen and oxygen atoms in total. The molecule has 2 rings (SSSR count). The lowest BCUT2D eigenvalue weighted by Gasteiger charge is -2.08. The Morgan fingerprint density at radius 3 is 2.90 bits per heavy atom. The lowest BCUT2D eigenvalue weighted by Crippen LogP contribution is -2.27. The van der Waals surface area contributed by atoms with Gasteiger partial charge in [0.15, 0.2) is 9.84 Å². The van der Waals surface area contributed by atoms with Crippen LogP contribution in [0.3, 0.4) is 0 Å². The molecule has 0 saturated heterocycles. The zero-order chi connectivity index (χ0) is 14.4. The highest BCUT2D eigenvalue weighted by Crippen LogP contribution is 2.17. The lowest BCUT2D eigenvalue weighted by molar-refractivity contribution is -0.121. The van der Waals surface area contributed by atoms with Crippen LogP contribution in [0.25, 0.3) is 0 Å². The number of aromatic nitrogens is 1. The van der Waals surface area contributed by atoms with E-state index in [0.717, 1.165) is 18.5 Å². The highest BCUT2D eigenvalue weighted by Gasteiger charge is 2.23. The van der Waals surface area contributed by atoms with Gasteiger partial charge in [0.25, 0.3) is 0 Å². The summed E-state index contributed by atoms with van der Waals surface area (Å²) in [5.41, 5.74) is 1.01. The second-order valence-electron chi connectivity index (χ2n) is 4.90. The fourth-order valence-corrected chi connectivity index (χ4v) is 3.52. The Hall–Kier alpha value is -1.69. The van der Waals surface area contributed by atoms with E-state index in [2.05, 4.69) is 10.3 Å². The maximum absolute atomic E-state index is 11.7. The average Bonchev–Trinajstić information content (AvgIpc) is 2.75. The van der Waals surface area contributed by atoms with E-state index in [1.807, 2.05) is 18.2 Å². The molecule has 20 heavy (non-hydrogen) atoms. The van der Waals surface area contributed by atoms with Gasteiger partial charge in [0.1, 0.15) is 0 Å². The number of hydrogen-bond donors (Lipinski definition) is 1. The summed E-state index contributed by atoms with van der Waals surface area (Å²) < 4.78 is 22.4. The van der Waals surface area contributed by atoms with Gasteiger partial charge in [-0.2, -0.15) is 0 Å². The minimum absolute atomic E-state index is 0.0500. The molecule has 1 aliphatic rings. The number of sulfone groups is 1. The summed E-state index contributed by atoms with van der Waals surface area (Å²) in [6.07, 6.45) is 5.23. The Bertz CT molecular complexity index is 582. The smallest absolute Gasteiger partial charge is 0.220 e. The van der Waals surface area contributed by atoms with Gasteiger partial charge in [0.2, 0.25) is 5.91 Å². The number of pyridine rings is 1. The predicted octanol–water partition coefficient (Wildman–Crippen LogP) is 1.08. The van der Waals surface area contributed by atoms with E-state index in [9.17, 15) is 13.2 Å². The van der Waals surface area contributed by atoms with Gasteiger partial charge >= 0.3 is 0 Å². The fraction of sp³-hybridized carbons (Fsp3) is 0.429. The van der Waals surface area contributed by atoms with Gasteiger partial charge in [-0.3, -0.25) is 9.78 Å². The van der Waals surface area contributed by atoms with Crippen LogP contribution in [-0.4, -0.2) is 31.6 Å². The first-order chi connectivity index (χ1) is 9.55. The minimum Gasteiger partial charge on any atom is -0.356 e. The summed E-state index contributed by atoms with van der Waals surface area (Å²) in [6, 6.07) is 5.76. The molecule has 0 aliphatic carbocycles. The summed E-state index contributed by atoms with van der Waals surface area (Å²) in [5, 5.41) is 4.01. The molecule has 0 aromatic carbocycles. The molecular formula is C14H18N2O3S. The van der Waals surface area contributed by atoms with Crippen LogP contribution in [0.1, 0.15) is 18.5 Å². The van der Waals surface area contributed by atoms with Crippen molar-refractivity contribution >= 4 is 15.7 Å². The second kappa shape index (κ2) is 6.65. The largest absolute Gasteiger partial charge is 0.356 e. The zero-order valence-corrected chi connectivity index (χ0v) is 12.0.